The zero-order valence-corrected chi connectivity index (χ0v) is 21.2. The molecule has 1 amide bonds. The maximum absolute atomic E-state index is 14.0. The van der Waals surface area contributed by atoms with Crippen LogP contribution in [0.3, 0.4) is 0 Å². The standard InChI is InChI=1S/C30H26FN3O4/c1-19-10-15-27(37-3)26(17-19)34-28(32-25-9-5-4-8-24(25)30(34)36)20(2)33(18-23-7-6-16-38-23)29(35)21-11-13-22(31)14-12-21/h4-17,20H,18H2,1-3H3. The number of methoxy groups -OCH3 is 1. The van der Waals surface area contributed by atoms with Crippen LogP contribution in [0.2, 0.25) is 0 Å². The van der Waals surface area contributed by atoms with E-state index < -0.39 is 11.9 Å². The monoisotopic (exact) mass is 511 g/mol. The zero-order chi connectivity index (χ0) is 26.8. The quantitative estimate of drug-likeness (QED) is 0.274. The van der Waals surface area contributed by atoms with Crippen molar-refractivity contribution in [2.75, 3.05) is 7.11 Å². The first-order valence-electron chi connectivity index (χ1n) is 12.1. The molecule has 5 aromatic rings. The van der Waals surface area contributed by atoms with Crippen molar-refractivity contribution in [1.29, 1.82) is 0 Å². The molecule has 0 fully saturated rings. The molecule has 0 aliphatic carbocycles. The van der Waals surface area contributed by atoms with Gasteiger partial charge in [-0.2, -0.15) is 0 Å². The number of aryl methyl sites for hydroxylation is 1. The molecule has 0 saturated heterocycles. The summed E-state index contributed by atoms with van der Waals surface area (Å²) in [7, 11) is 1.54. The fourth-order valence-corrected chi connectivity index (χ4v) is 4.49. The molecule has 0 saturated carbocycles. The van der Waals surface area contributed by atoms with Gasteiger partial charge in [0.2, 0.25) is 0 Å². The molecule has 2 aromatic heterocycles. The summed E-state index contributed by atoms with van der Waals surface area (Å²) in [6, 6.07) is 20.8. The van der Waals surface area contributed by atoms with Gasteiger partial charge in [0, 0.05) is 5.56 Å². The summed E-state index contributed by atoms with van der Waals surface area (Å²) < 4.78 is 26.3. The highest BCUT2D eigenvalue weighted by atomic mass is 19.1. The maximum Gasteiger partial charge on any atom is 0.266 e. The molecule has 8 heteroatoms. The zero-order valence-electron chi connectivity index (χ0n) is 21.2. The summed E-state index contributed by atoms with van der Waals surface area (Å²) in [6.45, 7) is 3.84. The molecule has 3 aromatic carbocycles. The Labute approximate surface area is 218 Å². The number of hydrogen-bond donors (Lipinski definition) is 0. The molecule has 38 heavy (non-hydrogen) atoms. The van der Waals surface area contributed by atoms with Crippen molar-refractivity contribution in [2.24, 2.45) is 0 Å². The number of furan rings is 1. The van der Waals surface area contributed by atoms with Crippen molar-refractivity contribution in [3.05, 3.63) is 124 Å². The van der Waals surface area contributed by atoms with Gasteiger partial charge < -0.3 is 14.1 Å². The third kappa shape index (κ3) is 4.68. The number of fused-ring (bicyclic) bond motifs is 1. The van der Waals surface area contributed by atoms with Crippen LogP contribution in [0, 0.1) is 12.7 Å². The number of carbonyl (C=O) groups excluding carboxylic acids is 1. The summed E-state index contributed by atoms with van der Waals surface area (Å²) in [5.41, 5.74) is 1.97. The number of carbonyl (C=O) groups is 1. The second kappa shape index (κ2) is 10.3. The van der Waals surface area contributed by atoms with E-state index >= 15 is 0 Å². The molecule has 1 atom stereocenters. The van der Waals surface area contributed by atoms with Crippen molar-refractivity contribution in [3.63, 3.8) is 0 Å². The first kappa shape index (κ1) is 25.0. The Hall–Kier alpha value is -4.72. The summed E-state index contributed by atoms with van der Waals surface area (Å²) in [4.78, 5) is 34.2. The van der Waals surface area contributed by atoms with Gasteiger partial charge >= 0.3 is 0 Å². The van der Waals surface area contributed by atoms with Crippen molar-refractivity contribution >= 4 is 16.8 Å². The minimum atomic E-state index is -0.694. The molecule has 1 unspecified atom stereocenters. The Balaban J connectivity index is 1.74. The van der Waals surface area contributed by atoms with Gasteiger partial charge in [-0.15, -0.1) is 0 Å². The molecule has 0 bridgehead atoms. The van der Waals surface area contributed by atoms with Gasteiger partial charge in [-0.05, 0) is 80.1 Å². The highest BCUT2D eigenvalue weighted by Gasteiger charge is 2.29. The average molecular weight is 512 g/mol. The average Bonchev–Trinajstić information content (AvgIpc) is 3.45. The Morgan fingerprint density at radius 1 is 1.08 bits per heavy atom. The van der Waals surface area contributed by atoms with E-state index in [1.807, 2.05) is 25.1 Å². The van der Waals surface area contributed by atoms with Crippen molar-refractivity contribution in [1.82, 2.24) is 14.5 Å². The van der Waals surface area contributed by atoms with E-state index in [4.69, 9.17) is 14.1 Å². The van der Waals surface area contributed by atoms with Gasteiger partial charge in [0.25, 0.3) is 11.5 Å². The van der Waals surface area contributed by atoms with Gasteiger partial charge in [-0.1, -0.05) is 18.2 Å². The van der Waals surface area contributed by atoms with E-state index in [0.717, 1.165) is 5.56 Å². The Bertz CT molecular complexity index is 1660. The SMILES string of the molecule is COc1ccc(C)cc1-n1c(C(C)N(Cc2ccco2)C(=O)c2ccc(F)cc2)nc2ccccc2c1=O. The van der Waals surface area contributed by atoms with E-state index in [-0.39, 0.29) is 18.0 Å². The van der Waals surface area contributed by atoms with Gasteiger partial charge in [0.1, 0.15) is 23.2 Å². The molecule has 7 nitrogen and oxygen atoms in total. The number of amides is 1. The molecule has 0 aliphatic rings. The van der Waals surface area contributed by atoms with Crippen LogP contribution in [-0.2, 0) is 6.54 Å². The minimum absolute atomic E-state index is 0.109. The number of nitrogens with zero attached hydrogens (tertiary/aromatic N) is 3. The van der Waals surface area contributed by atoms with E-state index in [1.165, 1.54) is 42.2 Å². The Kier molecular flexibility index (Phi) is 6.79. The summed E-state index contributed by atoms with van der Waals surface area (Å²) >= 11 is 0. The van der Waals surface area contributed by atoms with Crippen molar-refractivity contribution in [2.45, 2.75) is 26.4 Å². The molecule has 0 N–H and O–H groups in total. The van der Waals surface area contributed by atoms with E-state index in [1.54, 1.807) is 48.2 Å². The molecule has 0 aliphatic heterocycles. The minimum Gasteiger partial charge on any atom is -0.495 e. The van der Waals surface area contributed by atoms with E-state index in [0.29, 0.717) is 39.5 Å². The van der Waals surface area contributed by atoms with Crippen LogP contribution >= 0.6 is 0 Å². The van der Waals surface area contributed by atoms with Crippen LogP contribution in [0.15, 0.2) is 94.3 Å². The second-order valence-electron chi connectivity index (χ2n) is 9.00. The number of rotatable bonds is 7. The Morgan fingerprint density at radius 2 is 1.84 bits per heavy atom. The lowest BCUT2D eigenvalue weighted by Gasteiger charge is -2.30. The highest BCUT2D eigenvalue weighted by molar-refractivity contribution is 5.94. The van der Waals surface area contributed by atoms with Gasteiger partial charge in [-0.25, -0.2) is 9.37 Å². The number of para-hydroxylation sites is 1. The third-order valence-electron chi connectivity index (χ3n) is 6.48. The van der Waals surface area contributed by atoms with E-state index in [2.05, 4.69) is 0 Å². The lowest BCUT2D eigenvalue weighted by Crippen LogP contribution is -2.37. The molecule has 2 heterocycles. The number of halogens is 1. The number of aromatic nitrogens is 2. The van der Waals surface area contributed by atoms with Gasteiger partial charge in [0.15, 0.2) is 0 Å². The fourth-order valence-electron chi connectivity index (χ4n) is 4.49. The molecule has 5 rings (SSSR count). The smallest absolute Gasteiger partial charge is 0.266 e. The normalized spacial score (nSPS) is 11.9. The second-order valence-corrected chi connectivity index (χ2v) is 9.00. The predicted molar refractivity (Wildman–Crippen MR) is 142 cm³/mol. The lowest BCUT2D eigenvalue weighted by atomic mass is 10.1. The Morgan fingerprint density at radius 3 is 2.55 bits per heavy atom. The summed E-state index contributed by atoms with van der Waals surface area (Å²) in [5.74, 6) is 0.586. The first-order chi connectivity index (χ1) is 18.4. The van der Waals surface area contributed by atoms with Gasteiger partial charge in [0.05, 0.1) is 42.5 Å². The summed E-state index contributed by atoms with van der Waals surface area (Å²) in [6.07, 6.45) is 1.53. The van der Waals surface area contributed by atoms with Crippen LogP contribution in [-0.4, -0.2) is 27.5 Å². The van der Waals surface area contributed by atoms with Crippen LogP contribution in [0.5, 0.6) is 5.75 Å². The summed E-state index contributed by atoms with van der Waals surface area (Å²) in [5, 5.41) is 0.439. The van der Waals surface area contributed by atoms with Crippen LogP contribution < -0.4 is 10.3 Å². The third-order valence-corrected chi connectivity index (χ3v) is 6.48. The molecular weight excluding hydrogens is 485 g/mol. The van der Waals surface area contributed by atoms with E-state index in [9.17, 15) is 14.0 Å². The number of ether oxygens (including phenoxy) is 1. The fraction of sp³-hybridized carbons (Fsp3) is 0.167. The van der Waals surface area contributed by atoms with Crippen molar-refractivity contribution in [3.8, 4) is 11.4 Å². The van der Waals surface area contributed by atoms with Crippen LogP contribution in [0.25, 0.3) is 16.6 Å². The van der Waals surface area contributed by atoms with Gasteiger partial charge in [-0.3, -0.25) is 14.2 Å². The van der Waals surface area contributed by atoms with Crippen LogP contribution in [0.4, 0.5) is 4.39 Å². The first-order valence-corrected chi connectivity index (χ1v) is 12.1. The lowest BCUT2D eigenvalue weighted by molar-refractivity contribution is 0.0648. The topological polar surface area (TPSA) is 77.6 Å². The van der Waals surface area contributed by atoms with Crippen LogP contribution in [0.1, 0.15) is 40.5 Å². The molecule has 0 spiro atoms. The highest BCUT2D eigenvalue weighted by Crippen LogP contribution is 2.30. The molecular formula is C30H26FN3O4. The maximum atomic E-state index is 14.0. The molecule has 192 valence electrons. The largest absolute Gasteiger partial charge is 0.495 e. The van der Waals surface area contributed by atoms with Crippen molar-refractivity contribution < 1.29 is 18.3 Å². The molecule has 0 radical (unpaired) electrons. The number of hydrogen-bond acceptors (Lipinski definition) is 5. The number of benzene rings is 3. The predicted octanol–water partition coefficient (Wildman–Crippen LogP) is 5.84.